The van der Waals surface area contributed by atoms with Crippen molar-refractivity contribution in [3.63, 3.8) is 0 Å². The van der Waals surface area contributed by atoms with Crippen molar-refractivity contribution in [2.45, 2.75) is 24.8 Å². The molecule has 3 heterocycles. The number of nitrogens with one attached hydrogen (secondary N) is 1. The summed E-state index contributed by atoms with van der Waals surface area (Å²) in [5.74, 6) is 3.53. The number of likely N-dealkylation sites (tertiary alicyclic amines) is 1. The molecule has 3 fully saturated rings. The summed E-state index contributed by atoms with van der Waals surface area (Å²) in [4.78, 5) is 9.71. The zero-order valence-corrected chi connectivity index (χ0v) is 21.2. The maximum absolute atomic E-state index is 5.59. The molecule has 0 amide bonds. The summed E-state index contributed by atoms with van der Waals surface area (Å²) in [6.45, 7) is 6.90. The molecule has 0 radical (unpaired) electrons. The topological polar surface area (TPSA) is 40.1 Å². The molecule has 4 rings (SSSR count). The lowest BCUT2D eigenvalue weighted by Gasteiger charge is -2.44. The molecular formula is C23H35IN4OS. The van der Waals surface area contributed by atoms with Gasteiger partial charge in [0.2, 0.25) is 0 Å². The standard InChI is InChI=1S/C23H34N4OS.HI/c1-24-22(25-18-23(9-16-29-19-23)27-12-14-28-15-13-27)26-10-7-21(8-11-26)17-20-5-3-2-4-6-20;/h2-6,17H,7-16,18-19H2,1H3,(H,24,25);1H. The maximum Gasteiger partial charge on any atom is 0.193 e. The van der Waals surface area contributed by atoms with E-state index in [0.717, 1.165) is 64.7 Å². The van der Waals surface area contributed by atoms with Crippen LogP contribution >= 0.6 is 35.7 Å². The van der Waals surface area contributed by atoms with Crippen LogP contribution in [0, 0.1) is 0 Å². The molecule has 1 N–H and O–H groups in total. The summed E-state index contributed by atoms with van der Waals surface area (Å²) in [6, 6.07) is 10.7. The van der Waals surface area contributed by atoms with Gasteiger partial charge in [0.15, 0.2) is 5.96 Å². The number of hydrogen-bond donors (Lipinski definition) is 1. The van der Waals surface area contributed by atoms with Crippen molar-refractivity contribution in [2.24, 2.45) is 4.99 Å². The summed E-state index contributed by atoms with van der Waals surface area (Å²) in [6.07, 6.45) is 5.84. The highest BCUT2D eigenvalue weighted by atomic mass is 127. The Morgan fingerprint density at radius 2 is 1.90 bits per heavy atom. The average molecular weight is 543 g/mol. The van der Waals surface area contributed by atoms with Crippen LogP contribution in [0.1, 0.15) is 24.8 Å². The van der Waals surface area contributed by atoms with Gasteiger partial charge in [-0.2, -0.15) is 11.8 Å². The van der Waals surface area contributed by atoms with E-state index in [2.05, 4.69) is 68.3 Å². The van der Waals surface area contributed by atoms with Crippen LogP contribution in [0.2, 0.25) is 0 Å². The number of piperidine rings is 1. The molecule has 1 atom stereocenters. The Bertz CT molecular complexity index is 705. The van der Waals surface area contributed by atoms with E-state index in [1.807, 2.05) is 7.05 Å². The van der Waals surface area contributed by atoms with Crippen molar-refractivity contribution in [3.8, 4) is 0 Å². The van der Waals surface area contributed by atoms with Crippen LogP contribution in [0.5, 0.6) is 0 Å². The number of ether oxygens (including phenoxy) is 1. The van der Waals surface area contributed by atoms with Gasteiger partial charge >= 0.3 is 0 Å². The molecule has 0 aromatic heterocycles. The molecule has 0 saturated carbocycles. The first kappa shape index (κ1) is 23.9. The van der Waals surface area contributed by atoms with E-state index >= 15 is 0 Å². The van der Waals surface area contributed by atoms with Gasteiger partial charge in [0.1, 0.15) is 0 Å². The minimum absolute atomic E-state index is 0. The number of aliphatic imine (C=N–C) groups is 1. The third-order valence-corrected chi connectivity index (χ3v) is 7.66. The molecule has 166 valence electrons. The second kappa shape index (κ2) is 11.7. The Kier molecular flexibility index (Phi) is 9.34. The number of morpholine rings is 1. The normalized spacial score (nSPS) is 25.7. The molecule has 30 heavy (non-hydrogen) atoms. The summed E-state index contributed by atoms with van der Waals surface area (Å²) in [5, 5.41) is 3.74. The largest absolute Gasteiger partial charge is 0.379 e. The minimum atomic E-state index is 0. The third kappa shape index (κ3) is 5.93. The predicted octanol–water partition coefficient (Wildman–Crippen LogP) is 3.57. The number of benzene rings is 1. The highest BCUT2D eigenvalue weighted by molar-refractivity contribution is 14.0. The SMILES string of the molecule is CN=C(NCC1(N2CCOCC2)CCSC1)N1CCC(=Cc2ccccc2)CC1.I. The van der Waals surface area contributed by atoms with E-state index in [1.54, 1.807) is 5.57 Å². The van der Waals surface area contributed by atoms with Gasteiger partial charge in [-0.1, -0.05) is 42.0 Å². The van der Waals surface area contributed by atoms with E-state index in [4.69, 9.17) is 4.74 Å². The van der Waals surface area contributed by atoms with E-state index in [9.17, 15) is 0 Å². The summed E-state index contributed by atoms with van der Waals surface area (Å²) in [5.41, 5.74) is 3.10. The highest BCUT2D eigenvalue weighted by Gasteiger charge is 2.41. The lowest BCUT2D eigenvalue weighted by Crippen LogP contribution is -2.60. The van der Waals surface area contributed by atoms with Gasteiger partial charge < -0.3 is 15.0 Å². The van der Waals surface area contributed by atoms with Crippen LogP contribution in [-0.2, 0) is 4.74 Å². The Morgan fingerprint density at radius 1 is 1.17 bits per heavy atom. The van der Waals surface area contributed by atoms with Crippen LogP contribution in [0.15, 0.2) is 40.9 Å². The number of rotatable bonds is 4. The Balaban J connectivity index is 0.00000256. The van der Waals surface area contributed by atoms with Gasteiger partial charge in [0.25, 0.3) is 0 Å². The van der Waals surface area contributed by atoms with Crippen molar-refractivity contribution < 1.29 is 4.74 Å². The van der Waals surface area contributed by atoms with Crippen LogP contribution in [-0.4, -0.2) is 85.8 Å². The molecule has 3 aliphatic heterocycles. The summed E-state index contributed by atoms with van der Waals surface area (Å²) < 4.78 is 5.59. The van der Waals surface area contributed by atoms with Gasteiger partial charge in [0.05, 0.1) is 13.2 Å². The molecule has 1 unspecified atom stereocenters. The fourth-order valence-corrected chi connectivity index (χ4v) is 6.12. The van der Waals surface area contributed by atoms with Gasteiger partial charge in [-0.15, -0.1) is 24.0 Å². The number of thioether (sulfide) groups is 1. The first-order valence-electron chi connectivity index (χ1n) is 10.9. The fourth-order valence-electron chi connectivity index (χ4n) is 4.65. The molecule has 3 saturated heterocycles. The molecule has 7 heteroatoms. The van der Waals surface area contributed by atoms with Crippen molar-refractivity contribution >= 4 is 47.8 Å². The van der Waals surface area contributed by atoms with Gasteiger partial charge in [0, 0.05) is 51.1 Å². The number of halogens is 1. The van der Waals surface area contributed by atoms with Crippen LogP contribution < -0.4 is 5.32 Å². The zero-order chi connectivity index (χ0) is 19.9. The van der Waals surface area contributed by atoms with Crippen molar-refractivity contribution in [2.75, 3.05) is 64.5 Å². The van der Waals surface area contributed by atoms with Gasteiger partial charge in [-0.05, 0) is 30.6 Å². The molecule has 5 nitrogen and oxygen atoms in total. The monoisotopic (exact) mass is 542 g/mol. The first-order chi connectivity index (χ1) is 14.3. The molecule has 0 aliphatic carbocycles. The predicted molar refractivity (Wildman–Crippen MR) is 139 cm³/mol. The molecule has 1 aromatic carbocycles. The van der Waals surface area contributed by atoms with Crippen LogP contribution in [0.4, 0.5) is 0 Å². The number of hydrogen-bond acceptors (Lipinski definition) is 4. The molecule has 3 aliphatic rings. The Morgan fingerprint density at radius 3 is 2.53 bits per heavy atom. The summed E-state index contributed by atoms with van der Waals surface area (Å²) in [7, 11) is 1.92. The van der Waals surface area contributed by atoms with Gasteiger partial charge in [-0.3, -0.25) is 9.89 Å². The lowest BCUT2D eigenvalue weighted by molar-refractivity contribution is -0.0121. The van der Waals surface area contributed by atoms with Crippen LogP contribution in [0.25, 0.3) is 6.08 Å². The fraction of sp³-hybridized carbons (Fsp3) is 0.609. The summed E-state index contributed by atoms with van der Waals surface area (Å²) >= 11 is 2.09. The molecule has 0 bridgehead atoms. The van der Waals surface area contributed by atoms with Crippen molar-refractivity contribution in [1.29, 1.82) is 0 Å². The lowest BCUT2D eigenvalue weighted by atomic mass is 9.95. The quantitative estimate of drug-likeness (QED) is 0.358. The Hall–Kier alpha value is -0.770. The minimum Gasteiger partial charge on any atom is -0.379 e. The van der Waals surface area contributed by atoms with Crippen LogP contribution in [0.3, 0.4) is 0 Å². The van der Waals surface area contributed by atoms with E-state index in [1.165, 1.54) is 23.5 Å². The molecular weight excluding hydrogens is 507 g/mol. The highest BCUT2D eigenvalue weighted by Crippen LogP contribution is 2.33. The van der Waals surface area contributed by atoms with E-state index in [-0.39, 0.29) is 29.5 Å². The third-order valence-electron chi connectivity index (χ3n) is 6.43. The maximum atomic E-state index is 5.59. The molecule has 0 spiro atoms. The van der Waals surface area contributed by atoms with Crippen molar-refractivity contribution in [1.82, 2.24) is 15.1 Å². The zero-order valence-electron chi connectivity index (χ0n) is 18.0. The smallest absolute Gasteiger partial charge is 0.193 e. The van der Waals surface area contributed by atoms with Gasteiger partial charge in [-0.25, -0.2) is 0 Å². The first-order valence-corrected chi connectivity index (χ1v) is 12.1. The second-order valence-corrected chi connectivity index (χ2v) is 9.33. The van der Waals surface area contributed by atoms with E-state index < -0.39 is 0 Å². The average Bonchev–Trinajstić information content (AvgIpc) is 3.27. The van der Waals surface area contributed by atoms with E-state index in [0.29, 0.717) is 0 Å². The Labute approximate surface area is 202 Å². The van der Waals surface area contributed by atoms with Crippen molar-refractivity contribution in [3.05, 3.63) is 41.5 Å². The number of nitrogens with zero attached hydrogens (tertiary/aromatic N) is 3. The second-order valence-electron chi connectivity index (χ2n) is 8.23. The number of guanidine groups is 1. The molecule has 1 aromatic rings.